The maximum Gasteiger partial charge on any atom is 0.237 e. The Hall–Kier alpha value is -1.21. The number of rotatable bonds is 3. The lowest BCUT2D eigenvalue weighted by Gasteiger charge is -2.39. The van der Waals surface area contributed by atoms with Crippen molar-refractivity contribution in [1.29, 1.82) is 0 Å². The Balaban J connectivity index is 1.30. The van der Waals surface area contributed by atoms with Gasteiger partial charge in [-0.2, -0.15) is 0 Å². The molecule has 0 bridgehead atoms. The van der Waals surface area contributed by atoms with E-state index in [4.69, 9.17) is 0 Å². The van der Waals surface area contributed by atoms with Crippen molar-refractivity contribution in [1.82, 2.24) is 20.4 Å². The second-order valence-corrected chi connectivity index (χ2v) is 10.1. The third-order valence-electron chi connectivity index (χ3n) is 8.13. The third-order valence-corrected chi connectivity index (χ3v) is 8.13. The van der Waals surface area contributed by atoms with Gasteiger partial charge >= 0.3 is 0 Å². The van der Waals surface area contributed by atoms with Crippen LogP contribution in [0.2, 0.25) is 0 Å². The molecule has 4 fully saturated rings. The maximum atomic E-state index is 14.4. The van der Waals surface area contributed by atoms with Crippen molar-refractivity contribution in [3.63, 3.8) is 0 Å². The molecule has 6 unspecified atom stereocenters. The zero-order valence-corrected chi connectivity index (χ0v) is 18.6. The Kier molecular flexibility index (Phi) is 6.98. The summed E-state index contributed by atoms with van der Waals surface area (Å²) in [5.41, 5.74) is 0. The fourth-order valence-corrected chi connectivity index (χ4v) is 6.27. The average molecular weight is 423 g/mol. The fourth-order valence-electron chi connectivity index (χ4n) is 6.27. The van der Waals surface area contributed by atoms with Crippen molar-refractivity contribution in [2.45, 2.75) is 95.6 Å². The van der Waals surface area contributed by atoms with E-state index in [9.17, 15) is 14.0 Å². The Labute approximate surface area is 180 Å². The number of nitrogens with one attached hydrogen (secondary N) is 2. The van der Waals surface area contributed by atoms with E-state index in [2.05, 4.69) is 22.5 Å². The minimum absolute atomic E-state index is 0.0124. The molecule has 0 aromatic heterocycles. The molecule has 1 aliphatic carbocycles. The molecule has 6 nitrogen and oxygen atoms in total. The van der Waals surface area contributed by atoms with Crippen LogP contribution >= 0.6 is 0 Å². The summed E-state index contributed by atoms with van der Waals surface area (Å²) in [5.74, 6) is 0.654. The molecular formula is C23H39FN4O2. The molecule has 2 amide bonds. The lowest BCUT2D eigenvalue weighted by Crippen LogP contribution is -2.53. The molecule has 0 spiro atoms. The van der Waals surface area contributed by atoms with E-state index in [0.29, 0.717) is 24.8 Å². The van der Waals surface area contributed by atoms with Crippen molar-refractivity contribution in [2.75, 3.05) is 26.2 Å². The van der Waals surface area contributed by atoms with Crippen molar-refractivity contribution < 1.29 is 14.0 Å². The third kappa shape index (κ3) is 4.82. The van der Waals surface area contributed by atoms with E-state index >= 15 is 0 Å². The summed E-state index contributed by atoms with van der Waals surface area (Å²) in [6.45, 7) is 7.46. The Morgan fingerprint density at radius 2 is 1.80 bits per heavy atom. The number of carbonyl (C=O) groups is 2. The van der Waals surface area contributed by atoms with Gasteiger partial charge in [-0.3, -0.25) is 14.5 Å². The van der Waals surface area contributed by atoms with Gasteiger partial charge in [0.25, 0.3) is 0 Å². The van der Waals surface area contributed by atoms with Gasteiger partial charge in [-0.1, -0.05) is 13.3 Å². The number of carbonyl (C=O) groups excluding carboxylic acids is 2. The van der Waals surface area contributed by atoms with Crippen molar-refractivity contribution in [2.24, 2.45) is 11.8 Å². The average Bonchev–Trinajstić information content (AvgIpc) is 3.08. The molecule has 3 aliphatic heterocycles. The molecule has 3 saturated heterocycles. The highest BCUT2D eigenvalue weighted by atomic mass is 19.1. The minimum atomic E-state index is -0.772. The number of hydrogen-bond donors (Lipinski definition) is 2. The van der Waals surface area contributed by atoms with Gasteiger partial charge in [-0.05, 0) is 57.4 Å². The number of fused-ring (bicyclic) bond motifs is 1. The number of alkyl halides is 1. The van der Waals surface area contributed by atoms with E-state index in [-0.39, 0.29) is 35.9 Å². The van der Waals surface area contributed by atoms with E-state index in [1.165, 1.54) is 0 Å². The van der Waals surface area contributed by atoms with Gasteiger partial charge in [0.05, 0.1) is 6.04 Å². The first-order valence-corrected chi connectivity index (χ1v) is 12.1. The van der Waals surface area contributed by atoms with Gasteiger partial charge in [0.1, 0.15) is 6.17 Å². The van der Waals surface area contributed by atoms with Crippen LogP contribution in [-0.4, -0.2) is 78.1 Å². The van der Waals surface area contributed by atoms with Crippen LogP contribution < -0.4 is 10.6 Å². The zero-order valence-electron chi connectivity index (χ0n) is 18.6. The van der Waals surface area contributed by atoms with Crippen LogP contribution in [0.25, 0.3) is 0 Å². The molecule has 4 aliphatic rings. The SMILES string of the molecule is CC(=O)N1CCC(N2CCCCC(NC(=O)C3CC4C(F)CCC(C)C4N3)C2)CC1. The summed E-state index contributed by atoms with van der Waals surface area (Å²) >= 11 is 0. The lowest BCUT2D eigenvalue weighted by atomic mass is 9.77. The number of halogens is 1. The van der Waals surface area contributed by atoms with Crippen LogP contribution in [0.15, 0.2) is 0 Å². The van der Waals surface area contributed by atoms with E-state index in [0.717, 1.165) is 64.7 Å². The number of likely N-dealkylation sites (tertiary alicyclic amines) is 2. The highest BCUT2D eigenvalue weighted by Gasteiger charge is 2.46. The predicted octanol–water partition coefficient (Wildman–Crippen LogP) is 2.08. The largest absolute Gasteiger partial charge is 0.351 e. The normalized spacial score (nSPS) is 38.7. The first kappa shape index (κ1) is 22.0. The van der Waals surface area contributed by atoms with E-state index in [1.54, 1.807) is 6.92 Å². The quantitative estimate of drug-likeness (QED) is 0.731. The molecule has 7 heteroatoms. The van der Waals surface area contributed by atoms with E-state index in [1.807, 2.05) is 4.90 Å². The number of nitrogens with zero attached hydrogens (tertiary/aromatic N) is 2. The van der Waals surface area contributed by atoms with Crippen LogP contribution in [0.5, 0.6) is 0 Å². The summed E-state index contributed by atoms with van der Waals surface area (Å²) in [6.07, 6.45) is 6.73. The second-order valence-electron chi connectivity index (χ2n) is 10.1. The van der Waals surface area contributed by atoms with Gasteiger partial charge in [0, 0.05) is 50.6 Å². The molecule has 2 N–H and O–H groups in total. The molecule has 0 aromatic rings. The van der Waals surface area contributed by atoms with Crippen LogP contribution in [0.4, 0.5) is 4.39 Å². The summed E-state index contributed by atoms with van der Waals surface area (Å²) < 4.78 is 14.4. The fraction of sp³-hybridized carbons (Fsp3) is 0.913. The van der Waals surface area contributed by atoms with Gasteiger partial charge in [-0.15, -0.1) is 0 Å². The molecule has 6 atom stereocenters. The molecule has 0 aromatic carbocycles. The maximum absolute atomic E-state index is 14.4. The zero-order chi connectivity index (χ0) is 21.3. The van der Waals surface area contributed by atoms with Crippen molar-refractivity contribution >= 4 is 11.8 Å². The topological polar surface area (TPSA) is 64.7 Å². The van der Waals surface area contributed by atoms with Crippen LogP contribution in [0, 0.1) is 11.8 Å². The van der Waals surface area contributed by atoms with Crippen LogP contribution in [0.3, 0.4) is 0 Å². The summed E-state index contributed by atoms with van der Waals surface area (Å²) in [5, 5.41) is 6.77. The summed E-state index contributed by atoms with van der Waals surface area (Å²) in [6, 6.07) is 0.545. The molecule has 4 rings (SSSR count). The van der Waals surface area contributed by atoms with Gasteiger partial charge in [0.15, 0.2) is 0 Å². The molecular weight excluding hydrogens is 383 g/mol. The highest BCUT2D eigenvalue weighted by molar-refractivity contribution is 5.82. The second kappa shape index (κ2) is 9.51. The van der Waals surface area contributed by atoms with E-state index < -0.39 is 6.17 Å². The first-order chi connectivity index (χ1) is 14.4. The Bertz CT molecular complexity index is 606. The highest BCUT2D eigenvalue weighted by Crippen LogP contribution is 2.38. The first-order valence-electron chi connectivity index (χ1n) is 12.1. The van der Waals surface area contributed by atoms with Gasteiger partial charge < -0.3 is 15.5 Å². The lowest BCUT2D eigenvalue weighted by molar-refractivity contribution is -0.130. The predicted molar refractivity (Wildman–Crippen MR) is 115 cm³/mol. The van der Waals surface area contributed by atoms with Crippen molar-refractivity contribution in [3.8, 4) is 0 Å². The molecule has 1 saturated carbocycles. The molecule has 3 heterocycles. The smallest absolute Gasteiger partial charge is 0.237 e. The Morgan fingerprint density at radius 3 is 2.50 bits per heavy atom. The standard InChI is InChI=1S/C23H39FN4O2/c1-15-6-7-20(24)19-13-21(26-22(15)19)23(30)25-17-5-3-4-10-28(14-17)18-8-11-27(12-9-18)16(2)29/h15,17-22,26H,3-14H2,1-2H3,(H,25,30). The Morgan fingerprint density at radius 1 is 1.03 bits per heavy atom. The number of hydrogen-bond acceptors (Lipinski definition) is 4. The van der Waals surface area contributed by atoms with Crippen LogP contribution in [0.1, 0.15) is 65.2 Å². The molecule has 0 radical (unpaired) electrons. The molecule has 30 heavy (non-hydrogen) atoms. The van der Waals surface area contributed by atoms with Crippen LogP contribution in [-0.2, 0) is 9.59 Å². The summed E-state index contributed by atoms with van der Waals surface area (Å²) in [7, 11) is 0. The van der Waals surface area contributed by atoms with Gasteiger partial charge in [0.2, 0.25) is 11.8 Å². The monoisotopic (exact) mass is 422 g/mol. The molecule has 170 valence electrons. The number of piperidine rings is 1. The summed E-state index contributed by atoms with van der Waals surface area (Å²) in [4.78, 5) is 29.1. The van der Waals surface area contributed by atoms with Crippen molar-refractivity contribution in [3.05, 3.63) is 0 Å². The van der Waals surface area contributed by atoms with Gasteiger partial charge in [-0.25, -0.2) is 4.39 Å². The number of amides is 2. The minimum Gasteiger partial charge on any atom is -0.351 e.